The summed E-state index contributed by atoms with van der Waals surface area (Å²) in [5.41, 5.74) is 2.26. The highest BCUT2D eigenvalue weighted by Crippen LogP contribution is 2.23. The molecular weight excluding hydrogens is 321 g/mol. The third-order valence-electron chi connectivity index (χ3n) is 4.85. The summed E-state index contributed by atoms with van der Waals surface area (Å²) >= 11 is 0. The van der Waals surface area contributed by atoms with Gasteiger partial charge in [0.25, 0.3) is 0 Å². The van der Waals surface area contributed by atoms with Gasteiger partial charge in [-0.05, 0) is 56.2 Å². The number of carbonyl (C=O) groups excluding carboxylic acids is 2. The van der Waals surface area contributed by atoms with Gasteiger partial charge in [0.15, 0.2) is 0 Å². The largest absolute Gasteiger partial charge is 0.464 e. The maximum atomic E-state index is 14.5. The molecule has 1 aliphatic heterocycles. The second kappa shape index (κ2) is 8.97. The Labute approximate surface area is 149 Å². The van der Waals surface area contributed by atoms with E-state index < -0.39 is 6.04 Å². The molecule has 1 amide bonds. The number of likely N-dealkylation sites (tertiary alicyclic amines) is 1. The van der Waals surface area contributed by atoms with E-state index >= 15 is 0 Å². The molecular formula is C20H28FNO3. The van der Waals surface area contributed by atoms with Gasteiger partial charge in [-0.1, -0.05) is 19.9 Å². The number of piperidine rings is 1. The van der Waals surface area contributed by atoms with Crippen molar-refractivity contribution in [3.63, 3.8) is 0 Å². The van der Waals surface area contributed by atoms with E-state index in [0.29, 0.717) is 31.6 Å². The van der Waals surface area contributed by atoms with Crippen molar-refractivity contribution in [2.75, 3.05) is 13.2 Å². The first-order valence-corrected chi connectivity index (χ1v) is 9.28. The molecule has 1 heterocycles. The van der Waals surface area contributed by atoms with E-state index in [9.17, 15) is 14.0 Å². The summed E-state index contributed by atoms with van der Waals surface area (Å²) in [5.74, 6) is -0.877. The maximum absolute atomic E-state index is 14.5. The quantitative estimate of drug-likeness (QED) is 0.739. The molecule has 0 saturated carbocycles. The van der Waals surface area contributed by atoms with E-state index in [-0.39, 0.29) is 24.1 Å². The molecule has 5 heteroatoms. The summed E-state index contributed by atoms with van der Waals surface area (Å²) in [7, 11) is 0. The first kappa shape index (κ1) is 19.4. The van der Waals surface area contributed by atoms with Gasteiger partial charge in [0.2, 0.25) is 5.91 Å². The van der Waals surface area contributed by atoms with Crippen LogP contribution >= 0.6 is 0 Å². The molecule has 1 aromatic carbocycles. The van der Waals surface area contributed by atoms with E-state index in [1.807, 2.05) is 19.9 Å². The summed E-state index contributed by atoms with van der Waals surface area (Å²) in [6.45, 7) is 6.52. The number of carbonyl (C=O) groups is 2. The molecule has 2 rings (SSSR count). The molecule has 138 valence electrons. The average molecular weight is 349 g/mol. The lowest BCUT2D eigenvalue weighted by molar-refractivity contribution is -0.156. The molecule has 1 fully saturated rings. The summed E-state index contributed by atoms with van der Waals surface area (Å²) in [6.07, 6.45) is 3.80. The van der Waals surface area contributed by atoms with E-state index in [2.05, 4.69) is 0 Å². The van der Waals surface area contributed by atoms with Gasteiger partial charge in [-0.25, -0.2) is 9.18 Å². The van der Waals surface area contributed by atoms with E-state index in [1.165, 1.54) is 6.07 Å². The van der Waals surface area contributed by atoms with Gasteiger partial charge in [-0.15, -0.1) is 0 Å². The standard InChI is InChI=1S/C20H28FNO3/c1-4-14-11-15(5-2)16(17(21)12-14)13-19(23)22-10-8-7-9-18(22)20(24)25-6-3/h11-12,18H,4-10,13H2,1-3H3. The number of benzene rings is 1. The van der Waals surface area contributed by atoms with Crippen molar-refractivity contribution in [2.24, 2.45) is 0 Å². The maximum Gasteiger partial charge on any atom is 0.328 e. The van der Waals surface area contributed by atoms with Crippen LogP contribution < -0.4 is 0 Å². The Hall–Kier alpha value is -1.91. The molecule has 0 spiro atoms. The van der Waals surface area contributed by atoms with Crippen LogP contribution in [0.1, 0.15) is 56.7 Å². The predicted octanol–water partition coefficient (Wildman–Crippen LogP) is 3.44. The van der Waals surface area contributed by atoms with Crippen LogP contribution in [0, 0.1) is 5.82 Å². The minimum Gasteiger partial charge on any atom is -0.464 e. The second-order valence-corrected chi connectivity index (χ2v) is 6.45. The number of esters is 1. The SMILES string of the molecule is CCOC(=O)C1CCCCN1C(=O)Cc1c(F)cc(CC)cc1CC. The fourth-order valence-electron chi connectivity index (χ4n) is 3.44. The number of hydrogen-bond acceptors (Lipinski definition) is 3. The Morgan fingerprint density at radius 1 is 1.20 bits per heavy atom. The van der Waals surface area contributed by atoms with E-state index in [0.717, 1.165) is 30.4 Å². The minimum absolute atomic E-state index is 0.00505. The number of rotatable bonds is 6. The van der Waals surface area contributed by atoms with Crippen molar-refractivity contribution in [1.82, 2.24) is 4.90 Å². The Kier molecular flexibility index (Phi) is 6.97. The van der Waals surface area contributed by atoms with Crippen LogP contribution in [-0.2, 0) is 33.6 Å². The van der Waals surface area contributed by atoms with E-state index in [1.54, 1.807) is 11.8 Å². The fourth-order valence-corrected chi connectivity index (χ4v) is 3.44. The number of amides is 1. The van der Waals surface area contributed by atoms with Gasteiger partial charge in [0.05, 0.1) is 13.0 Å². The number of ether oxygens (including phenoxy) is 1. The lowest BCUT2D eigenvalue weighted by Crippen LogP contribution is -2.49. The molecule has 25 heavy (non-hydrogen) atoms. The van der Waals surface area contributed by atoms with Gasteiger partial charge < -0.3 is 9.64 Å². The molecule has 0 radical (unpaired) electrons. The topological polar surface area (TPSA) is 46.6 Å². The third-order valence-corrected chi connectivity index (χ3v) is 4.85. The monoisotopic (exact) mass is 349 g/mol. The molecule has 4 nitrogen and oxygen atoms in total. The third kappa shape index (κ3) is 4.59. The minimum atomic E-state index is -0.538. The van der Waals surface area contributed by atoms with Crippen LogP contribution in [0.15, 0.2) is 12.1 Å². The van der Waals surface area contributed by atoms with Crippen LogP contribution in [0.2, 0.25) is 0 Å². The van der Waals surface area contributed by atoms with E-state index in [4.69, 9.17) is 4.74 Å². The van der Waals surface area contributed by atoms with Crippen LogP contribution in [0.5, 0.6) is 0 Å². The first-order valence-electron chi connectivity index (χ1n) is 9.28. The number of aryl methyl sites for hydroxylation is 2. The zero-order chi connectivity index (χ0) is 18.4. The van der Waals surface area contributed by atoms with Gasteiger partial charge in [0, 0.05) is 12.1 Å². The normalized spacial score (nSPS) is 17.4. The zero-order valence-electron chi connectivity index (χ0n) is 15.4. The fraction of sp³-hybridized carbons (Fsp3) is 0.600. The summed E-state index contributed by atoms with van der Waals surface area (Å²) in [6, 6.07) is 2.95. The number of halogens is 1. The van der Waals surface area contributed by atoms with Crippen LogP contribution in [-0.4, -0.2) is 36.0 Å². The van der Waals surface area contributed by atoms with Crippen molar-refractivity contribution in [1.29, 1.82) is 0 Å². The molecule has 1 aromatic rings. The Bertz CT molecular complexity index is 630. The van der Waals surface area contributed by atoms with Gasteiger partial charge in [-0.2, -0.15) is 0 Å². The number of hydrogen-bond donors (Lipinski definition) is 0. The molecule has 0 aromatic heterocycles. The van der Waals surface area contributed by atoms with Gasteiger partial charge >= 0.3 is 5.97 Å². The van der Waals surface area contributed by atoms with Gasteiger partial charge in [0.1, 0.15) is 11.9 Å². The van der Waals surface area contributed by atoms with Gasteiger partial charge in [-0.3, -0.25) is 4.79 Å². The summed E-state index contributed by atoms with van der Waals surface area (Å²) < 4.78 is 19.6. The summed E-state index contributed by atoms with van der Waals surface area (Å²) in [4.78, 5) is 26.5. The molecule has 1 unspecified atom stereocenters. The van der Waals surface area contributed by atoms with Crippen LogP contribution in [0.3, 0.4) is 0 Å². The highest BCUT2D eigenvalue weighted by Gasteiger charge is 2.33. The summed E-state index contributed by atoms with van der Waals surface area (Å²) in [5, 5.41) is 0. The predicted molar refractivity (Wildman–Crippen MR) is 94.8 cm³/mol. The van der Waals surface area contributed by atoms with Crippen molar-refractivity contribution in [3.8, 4) is 0 Å². The van der Waals surface area contributed by atoms with Crippen LogP contribution in [0.25, 0.3) is 0 Å². The highest BCUT2D eigenvalue weighted by atomic mass is 19.1. The van der Waals surface area contributed by atoms with Crippen LogP contribution in [0.4, 0.5) is 4.39 Å². The van der Waals surface area contributed by atoms with Crippen molar-refractivity contribution >= 4 is 11.9 Å². The Morgan fingerprint density at radius 3 is 2.60 bits per heavy atom. The van der Waals surface area contributed by atoms with Crippen molar-refractivity contribution < 1.29 is 18.7 Å². The lowest BCUT2D eigenvalue weighted by Gasteiger charge is -2.34. The number of nitrogens with zero attached hydrogens (tertiary/aromatic N) is 1. The molecule has 0 N–H and O–H groups in total. The molecule has 0 aliphatic carbocycles. The lowest BCUT2D eigenvalue weighted by atomic mass is 9.96. The van der Waals surface area contributed by atoms with Crippen molar-refractivity contribution in [3.05, 3.63) is 34.6 Å². The molecule has 1 atom stereocenters. The average Bonchev–Trinajstić information content (AvgIpc) is 2.63. The molecule has 0 bridgehead atoms. The second-order valence-electron chi connectivity index (χ2n) is 6.45. The Balaban J connectivity index is 2.21. The first-order chi connectivity index (χ1) is 12.0. The molecule has 1 aliphatic rings. The molecule has 1 saturated heterocycles. The highest BCUT2D eigenvalue weighted by molar-refractivity contribution is 5.86. The Morgan fingerprint density at radius 2 is 1.96 bits per heavy atom. The zero-order valence-corrected chi connectivity index (χ0v) is 15.4. The van der Waals surface area contributed by atoms with Crippen molar-refractivity contribution in [2.45, 2.75) is 65.3 Å². The smallest absolute Gasteiger partial charge is 0.328 e.